The minimum Gasteiger partial charge on any atom is -0.331 e. The third-order valence-corrected chi connectivity index (χ3v) is 2.41. The molecule has 1 fully saturated rings. The van der Waals surface area contributed by atoms with Gasteiger partial charge in [0.15, 0.2) is 0 Å². The Morgan fingerprint density at radius 1 is 1.53 bits per heavy atom. The highest BCUT2D eigenvalue weighted by Gasteiger charge is 2.29. The molecule has 0 bridgehead atoms. The Balaban J connectivity index is 2.44. The molecule has 6 heteroatoms. The topological polar surface area (TPSA) is 69.1 Å². The predicted octanol–water partition coefficient (Wildman–Crippen LogP) is 0.607. The minimum absolute atomic E-state index is 0.109. The number of hydrogen-bond acceptors (Lipinski definition) is 2. The van der Waals surface area contributed by atoms with Crippen LogP contribution in [0.5, 0.6) is 0 Å². The van der Waals surface area contributed by atoms with Gasteiger partial charge in [0.2, 0.25) is 5.91 Å². The quantitative estimate of drug-likeness (QED) is 0.233. The molecular weight excluding hydrogens is 218 g/mol. The number of carbonyl (C=O) groups is 1. The van der Waals surface area contributed by atoms with Crippen molar-refractivity contribution in [2.45, 2.75) is 12.5 Å². The molecule has 1 saturated heterocycles. The van der Waals surface area contributed by atoms with E-state index in [1.165, 1.54) is 0 Å². The molecule has 1 atom stereocenters. The zero-order chi connectivity index (χ0) is 12.9. The maximum Gasteiger partial charge on any atom is 0.232 e. The van der Waals surface area contributed by atoms with Gasteiger partial charge in [-0.3, -0.25) is 4.79 Å². The summed E-state index contributed by atoms with van der Waals surface area (Å²) in [5.74, 6) is 5.92. The highest BCUT2D eigenvalue weighted by Crippen LogP contribution is 2.13. The van der Waals surface area contributed by atoms with E-state index >= 15 is 0 Å². The molecule has 1 heterocycles. The Labute approximate surface area is 101 Å². The molecule has 0 aromatic heterocycles. The van der Waals surface area contributed by atoms with E-state index in [0.717, 1.165) is 11.0 Å². The average Bonchev–Trinajstić information content (AvgIpc) is 2.55. The van der Waals surface area contributed by atoms with E-state index in [-0.39, 0.29) is 5.91 Å². The van der Waals surface area contributed by atoms with E-state index in [2.05, 4.69) is 43.0 Å². The molecule has 1 aliphatic rings. The van der Waals surface area contributed by atoms with E-state index in [9.17, 15) is 4.79 Å². The van der Waals surface area contributed by atoms with Gasteiger partial charge in [0.05, 0.1) is 27.7 Å². The van der Waals surface area contributed by atoms with Gasteiger partial charge in [0.25, 0.3) is 0 Å². The molecule has 0 aromatic carbocycles. The fraction of sp³-hybridized carbons (Fsp3) is 0.727. The van der Waals surface area contributed by atoms with E-state index in [1.54, 1.807) is 4.90 Å². The first kappa shape index (κ1) is 13.4. The summed E-state index contributed by atoms with van der Waals surface area (Å²) in [5, 5.41) is 3.46. The Bertz CT molecular complexity index is 394. The molecule has 0 unspecified atom stereocenters. The molecule has 1 rings (SSSR count). The Hall–Kier alpha value is -1.70. The highest BCUT2D eigenvalue weighted by atomic mass is 16.2. The van der Waals surface area contributed by atoms with E-state index in [1.807, 2.05) is 0 Å². The number of likely N-dealkylation sites (tertiary alicyclic amines) is 1. The summed E-state index contributed by atoms with van der Waals surface area (Å²) >= 11 is 0. The standard InChI is InChI=1S/C11H18N5O/c1-16(2,3)9-5-4-7-15-8-6-10(11(15)17)13-14-12/h10H,6-9H2,1-3H3/q+1/t10-/m0/s1. The van der Waals surface area contributed by atoms with Gasteiger partial charge in [-0.05, 0) is 17.9 Å². The monoisotopic (exact) mass is 236 g/mol. The first-order chi connectivity index (χ1) is 7.94. The van der Waals surface area contributed by atoms with Crippen LogP contribution < -0.4 is 0 Å². The van der Waals surface area contributed by atoms with Crippen molar-refractivity contribution in [1.82, 2.24) is 4.90 Å². The molecule has 0 saturated carbocycles. The lowest BCUT2D eigenvalue weighted by molar-refractivity contribution is -0.862. The molecule has 0 radical (unpaired) electrons. The Morgan fingerprint density at radius 3 is 2.82 bits per heavy atom. The van der Waals surface area contributed by atoms with Crippen LogP contribution in [0.25, 0.3) is 10.4 Å². The third kappa shape index (κ3) is 4.35. The van der Waals surface area contributed by atoms with Crippen LogP contribution in [-0.2, 0) is 4.79 Å². The molecule has 0 aromatic rings. The van der Waals surface area contributed by atoms with E-state index in [0.29, 0.717) is 19.5 Å². The SMILES string of the molecule is C[N+](C)(C)CC#CCN1CC[C@H](N=[N+]=[N-])C1=O. The van der Waals surface area contributed by atoms with Gasteiger partial charge in [0.1, 0.15) is 12.6 Å². The second-order valence-corrected chi connectivity index (χ2v) is 5.07. The zero-order valence-corrected chi connectivity index (χ0v) is 10.6. The molecular formula is C11H18N5O+. The van der Waals surface area contributed by atoms with Crippen LogP contribution in [0.2, 0.25) is 0 Å². The normalized spacial score (nSPS) is 19.6. The number of azide groups is 1. The molecule has 0 aliphatic carbocycles. The van der Waals surface area contributed by atoms with Crippen molar-refractivity contribution in [3.8, 4) is 11.8 Å². The fourth-order valence-corrected chi connectivity index (χ4v) is 1.49. The lowest BCUT2D eigenvalue weighted by Gasteiger charge is -2.20. The molecule has 92 valence electrons. The van der Waals surface area contributed by atoms with Gasteiger partial charge >= 0.3 is 0 Å². The van der Waals surface area contributed by atoms with Gasteiger partial charge < -0.3 is 9.38 Å². The highest BCUT2D eigenvalue weighted by molar-refractivity contribution is 5.84. The molecule has 6 nitrogen and oxygen atoms in total. The second-order valence-electron chi connectivity index (χ2n) is 5.07. The first-order valence-electron chi connectivity index (χ1n) is 5.53. The van der Waals surface area contributed by atoms with Gasteiger partial charge in [-0.25, -0.2) is 0 Å². The van der Waals surface area contributed by atoms with Crippen molar-refractivity contribution >= 4 is 5.91 Å². The molecule has 1 aliphatic heterocycles. The van der Waals surface area contributed by atoms with Crippen molar-refractivity contribution < 1.29 is 9.28 Å². The fourth-order valence-electron chi connectivity index (χ4n) is 1.49. The van der Waals surface area contributed by atoms with Crippen molar-refractivity contribution in [2.24, 2.45) is 5.11 Å². The lowest BCUT2D eigenvalue weighted by Crippen LogP contribution is -2.34. The predicted molar refractivity (Wildman–Crippen MR) is 64.8 cm³/mol. The van der Waals surface area contributed by atoms with Gasteiger partial charge in [-0.15, -0.1) is 0 Å². The van der Waals surface area contributed by atoms with Crippen molar-refractivity contribution in [3.63, 3.8) is 0 Å². The summed E-state index contributed by atoms with van der Waals surface area (Å²) in [6.07, 6.45) is 0.597. The average molecular weight is 236 g/mol. The maximum atomic E-state index is 11.7. The second kappa shape index (κ2) is 5.58. The largest absolute Gasteiger partial charge is 0.331 e. The number of quaternary nitrogens is 1. The van der Waals surface area contributed by atoms with E-state index in [4.69, 9.17) is 5.53 Å². The zero-order valence-electron chi connectivity index (χ0n) is 10.6. The first-order valence-corrected chi connectivity index (χ1v) is 5.53. The molecule has 1 amide bonds. The van der Waals surface area contributed by atoms with Crippen LogP contribution in [-0.4, -0.2) is 62.1 Å². The van der Waals surface area contributed by atoms with Gasteiger partial charge in [-0.2, -0.15) is 0 Å². The number of carbonyl (C=O) groups excluding carboxylic acids is 1. The molecule has 17 heavy (non-hydrogen) atoms. The summed E-state index contributed by atoms with van der Waals surface area (Å²) in [6.45, 7) is 1.81. The number of amides is 1. The van der Waals surface area contributed by atoms with Crippen molar-refractivity contribution in [3.05, 3.63) is 10.4 Å². The summed E-state index contributed by atoms with van der Waals surface area (Å²) in [7, 11) is 6.19. The minimum atomic E-state index is -0.528. The maximum absolute atomic E-state index is 11.7. The summed E-state index contributed by atoms with van der Waals surface area (Å²) in [6, 6.07) is -0.528. The summed E-state index contributed by atoms with van der Waals surface area (Å²) < 4.78 is 0.780. The van der Waals surface area contributed by atoms with Crippen LogP contribution >= 0.6 is 0 Å². The molecule has 0 spiro atoms. The summed E-state index contributed by atoms with van der Waals surface area (Å²) in [5.41, 5.74) is 8.29. The number of nitrogens with zero attached hydrogens (tertiary/aromatic N) is 5. The Kier molecular flexibility index (Phi) is 4.38. The van der Waals surface area contributed by atoms with Crippen LogP contribution in [0.15, 0.2) is 5.11 Å². The lowest BCUT2D eigenvalue weighted by atomic mass is 10.3. The van der Waals surface area contributed by atoms with Crippen LogP contribution in [0.4, 0.5) is 0 Å². The number of hydrogen-bond donors (Lipinski definition) is 0. The van der Waals surface area contributed by atoms with Crippen molar-refractivity contribution in [2.75, 3.05) is 40.8 Å². The summed E-state index contributed by atoms with van der Waals surface area (Å²) in [4.78, 5) is 16.0. The smallest absolute Gasteiger partial charge is 0.232 e. The third-order valence-electron chi connectivity index (χ3n) is 2.41. The van der Waals surface area contributed by atoms with Crippen LogP contribution in [0.1, 0.15) is 6.42 Å². The molecule has 0 N–H and O–H groups in total. The van der Waals surface area contributed by atoms with Crippen molar-refractivity contribution in [1.29, 1.82) is 0 Å². The van der Waals surface area contributed by atoms with Gasteiger partial charge in [0, 0.05) is 11.5 Å². The number of rotatable bonds is 3. The van der Waals surface area contributed by atoms with Crippen LogP contribution in [0.3, 0.4) is 0 Å². The van der Waals surface area contributed by atoms with Gasteiger partial charge in [-0.1, -0.05) is 11.0 Å². The Morgan fingerprint density at radius 2 is 2.24 bits per heavy atom. The van der Waals surface area contributed by atoms with E-state index < -0.39 is 6.04 Å². The van der Waals surface area contributed by atoms with Crippen LogP contribution in [0, 0.1) is 11.8 Å².